The number of carbonyl (C=O) groups is 2. The summed E-state index contributed by atoms with van der Waals surface area (Å²) in [5.74, 6) is -0.533. The smallest absolute Gasteiger partial charge is 0.348 e. The van der Waals surface area contributed by atoms with E-state index in [0.717, 1.165) is 0 Å². The molecule has 0 aliphatic heterocycles. The Morgan fingerprint density at radius 3 is 2.54 bits per heavy atom. The van der Waals surface area contributed by atoms with E-state index in [-0.39, 0.29) is 0 Å². The van der Waals surface area contributed by atoms with Gasteiger partial charge in [0.2, 0.25) is 0 Å². The van der Waals surface area contributed by atoms with Crippen LogP contribution in [-0.4, -0.2) is 24.1 Å². The Morgan fingerprint density at radius 1 is 1.15 bits per heavy atom. The van der Waals surface area contributed by atoms with E-state index in [1.165, 1.54) is 6.92 Å². The molecule has 1 amide bonds. The van der Waals surface area contributed by atoms with Gasteiger partial charge < -0.3 is 14.8 Å². The minimum atomic E-state index is -0.998. The van der Waals surface area contributed by atoms with Crippen molar-refractivity contribution in [3.8, 4) is 11.8 Å². The molecule has 2 atom stereocenters. The predicted octanol–water partition coefficient (Wildman–Crippen LogP) is 3.29. The summed E-state index contributed by atoms with van der Waals surface area (Å²) in [5.41, 5.74) is 0.888. The van der Waals surface area contributed by atoms with Crippen LogP contribution in [0.5, 0.6) is 5.75 Å². The normalized spacial score (nSPS) is 12.3. The molecule has 6 heteroatoms. The summed E-state index contributed by atoms with van der Waals surface area (Å²) in [4.78, 5) is 24.5. The number of nitrogens with zero attached hydrogens (tertiary/aromatic N) is 1. The van der Waals surface area contributed by atoms with Gasteiger partial charge in [0.05, 0.1) is 11.6 Å². The lowest BCUT2D eigenvalue weighted by Gasteiger charge is -2.19. The van der Waals surface area contributed by atoms with Crippen LogP contribution < -0.4 is 10.1 Å². The quantitative estimate of drug-likeness (QED) is 0.773. The molecule has 0 aromatic heterocycles. The Hall–Kier alpha value is -3.33. The molecular formula is C20H20N2O4. The van der Waals surface area contributed by atoms with Gasteiger partial charge in [0.25, 0.3) is 5.91 Å². The summed E-state index contributed by atoms with van der Waals surface area (Å²) < 4.78 is 10.8. The maximum Gasteiger partial charge on any atom is 0.348 e. The third-order valence-electron chi connectivity index (χ3n) is 3.58. The van der Waals surface area contributed by atoms with Gasteiger partial charge in [-0.25, -0.2) is 4.79 Å². The summed E-state index contributed by atoms with van der Waals surface area (Å²) in [6.07, 6.45) is -1.39. The van der Waals surface area contributed by atoms with Crippen LogP contribution in [0.3, 0.4) is 0 Å². The number of esters is 1. The molecule has 0 unspecified atom stereocenters. The number of para-hydroxylation sites is 1. The number of benzene rings is 2. The zero-order valence-corrected chi connectivity index (χ0v) is 14.6. The van der Waals surface area contributed by atoms with Gasteiger partial charge in [0, 0.05) is 5.69 Å². The SMILES string of the molecule is CC[C@H](Oc1ccccc1)C(=O)O[C@@H](C)C(=O)Nc1cccc(C#N)c1. The lowest BCUT2D eigenvalue weighted by molar-refractivity contribution is -0.160. The maximum atomic E-state index is 12.3. The van der Waals surface area contributed by atoms with Gasteiger partial charge in [-0.1, -0.05) is 31.2 Å². The molecule has 1 N–H and O–H groups in total. The highest BCUT2D eigenvalue weighted by atomic mass is 16.6. The van der Waals surface area contributed by atoms with Crippen molar-refractivity contribution in [1.29, 1.82) is 5.26 Å². The van der Waals surface area contributed by atoms with E-state index >= 15 is 0 Å². The first-order valence-electron chi connectivity index (χ1n) is 8.26. The fourth-order valence-electron chi connectivity index (χ4n) is 2.18. The zero-order chi connectivity index (χ0) is 18.9. The molecule has 0 radical (unpaired) electrons. The topological polar surface area (TPSA) is 88.4 Å². The molecule has 0 aliphatic rings. The average Bonchev–Trinajstić information content (AvgIpc) is 2.66. The van der Waals surface area contributed by atoms with Gasteiger partial charge in [-0.15, -0.1) is 0 Å². The van der Waals surface area contributed by atoms with E-state index in [9.17, 15) is 9.59 Å². The Balaban J connectivity index is 1.93. The molecule has 2 rings (SSSR count). The van der Waals surface area contributed by atoms with Gasteiger partial charge in [0.15, 0.2) is 12.2 Å². The van der Waals surface area contributed by atoms with E-state index in [1.807, 2.05) is 12.1 Å². The van der Waals surface area contributed by atoms with Crippen molar-refractivity contribution in [3.05, 3.63) is 60.2 Å². The highest BCUT2D eigenvalue weighted by Crippen LogP contribution is 2.15. The highest BCUT2D eigenvalue weighted by Gasteiger charge is 2.25. The van der Waals surface area contributed by atoms with E-state index in [1.54, 1.807) is 55.5 Å². The summed E-state index contributed by atoms with van der Waals surface area (Å²) in [6, 6.07) is 17.4. The number of anilines is 1. The third-order valence-corrected chi connectivity index (χ3v) is 3.58. The summed E-state index contributed by atoms with van der Waals surface area (Å²) >= 11 is 0. The number of rotatable bonds is 7. The monoisotopic (exact) mass is 352 g/mol. The van der Waals surface area contributed by atoms with Crippen LogP contribution in [0.15, 0.2) is 54.6 Å². The average molecular weight is 352 g/mol. The van der Waals surface area contributed by atoms with Crippen LogP contribution in [0.25, 0.3) is 0 Å². The maximum absolute atomic E-state index is 12.3. The first kappa shape index (κ1) is 19.0. The van der Waals surface area contributed by atoms with Crippen molar-refractivity contribution >= 4 is 17.6 Å². The fraction of sp³-hybridized carbons (Fsp3) is 0.250. The van der Waals surface area contributed by atoms with Gasteiger partial charge >= 0.3 is 5.97 Å². The van der Waals surface area contributed by atoms with Crippen molar-refractivity contribution < 1.29 is 19.1 Å². The molecule has 0 bridgehead atoms. The Labute approximate surface area is 152 Å². The molecule has 0 fully saturated rings. The van der Waals surface area contributed by atoms with Crippen molar-refractivity contribution in [2.45, 2.75) is 32.5 Å². The van der Waals surface area contributed by atoms with Gasteiger partial charge in [0.1, 0.15) is 5.75 Å². The highest BCUT2D eigenvalue weighted by molar-refractivity contribution is 5.95. The number of ether oxygens (including phenoxy) is 2. The summed E-state index contributed by atoms with van der Waals surface area (Å²) in [7, 11) is 0. The largest absolute Gasteiger partial charge is 0.479 e. The molecular weight excluding hydrogens is 332 g/mol. The number of amides is 1. The van der Waals surface area contributed by atoms with Crippen molar-refractivity contribution in [1.82, 2.24) is 0 Å². The van der Waals surface area contributed by atoms with Crippen LogP contribution in [0, 0.1) is 11.3 Å². The Bertz CT molecular complexity index is 799. The van der Waals surface area contributed by atoms with E-state index in [2.05, 4.69) is 5.32 Å². The number of hydrogen-bond acceptors (Lipinski definition) is 5. The zero-order valence-electron chi connectivity index (χ0n) is 14.6. The Morgan fingerprint density at radius 2 is 1.88 bits per heavy atom. The minimum absolute atomic E-state index is 0.409. The van der Waals surface area contributed by atoms with E-state index in [4.69, 9.17) is 14.7 Å². The summed E-state index contributed by atoms with van der Waals surface area (Å²) in [6.45, 7) is 3.28. The molecule has 0 saturated heterocycles. The van der Waals surface area contributed by atoms with Gasteiger partial charge in [-0.05, 0) is 43.7 Å². The van der Waals surface area contributed by atoms with Gasteiger partial charge in [-0.3, -0.25) is 4.79 Å². The molecule has 0 heterocycles. The van der Waals surface area contributed by atoms with Crippen LogP contribution in [0.1, 0.15) is 25.8 Å². The molecule has 2 aromatic carbocycles. The second-order valence-corrected chi connectivity index (χ2v) is 5.59. The van der Waals surface area contributed by atoms with Crippen LogP contribution in [0.4, 0.5) is 5.69 Å². The number of hydrogen-bond donors (Lipinski definition) is 1. The molecule has 2 aromatic rings. The minimum Gasteiger partial charge on any atom is -0.479 e. The molecule has 0 aliphatic carbocycles. The molecule has 0 spiro atoms. The third kappa shape index (κ3) is 5.35. The molecule has 26 heavy (non-hydrogen) atoms. The first-order chi connectivity index (χ1) is 12.5. The fourth-order valence-corrected chi connectivity index (χ4v) is 2.18. The number of carbonyl (C=O) groups excluding carboxylic acids is 2. The van der Waals surface area contributed by atoms with E-state index in [0.29, 0.717) is 23.4 Å². The second kappa shape index (κ2) is 9.23. The molecule has 6 nitrogen and oxygen atoms in total. The van der Waals surface area contributed by atoms with Crippen molar-refractivity contribution in [2.24, 2.45) is 0 Å². The lowest BCUT2D eigenvalue weighted by Crippen LogP contribution is -2.36. The summed E-state index contributed by atoms with van der Waals surface area (Å²) in [5, 5.41) is 11.5. The standard InChI is InChI=1S/C20H20N2O4/c1-3-18(26-17-10-5-4-6-11-17)20(24)25-14(2)19(23)22-16-9-7-8-15(12-16)13-21/h4-12,14,18H,3H2,1-2H3,(H,22,23)/t14-,18-/m0/s1. The van der Waals surface area contributed by atoms with Gasteiger partial charge in [-0.2, -0.15) is 5.26 Å². The Kier molecular flexibility index (Phi) is 6.75. The number of nitrogens with one attached hydrogen (secondary N) is 1. The van der Waals surface area contributed by atoms with Crippen LogP contribution >= 0.6 is 0 Å². The van der Waals surface area contributed by atoms with Crippen molar-refractivity contribution in [2.75, 3.05) is 5.32 Å². The van der Waals surface area contributed by atoms with E-state index < -0.39 is 24.1 Å². The number of nitriles is 1. The molecule has 134 valence electrons. The molecule has 0 saturated carbocycles. The first-order valence-corrected chi connectivity index (χ1v) is 8.26. The second-order valence-electron chi connectivity index (χ2n) is 5.59. The van der Waals surface area contributed by atoms with Crippen LogP contribution in [-0.2, 0) is 14.3 Å². The predicted molar refractivity (Wildman–Crippen MR) is 96.5 cm³/mol. The lowest BCUT2D eigenvalue weighted by atomic mass is 10.2. The van der Waals surface area contributed by atoms with Crippen molar-refractivity contribution in [3.63, 3.8) is 0 Å². The van der Waals surface area contributed by atoms with Crippen LogP contribution in [0.2, 0.25) is 0 Å².